The zero-order valence-electron chi connectivity index (χ0n) is 14.6. The van der Waals surface area contributed by atoms with Gasteiger partial charge in [0.15, 0.2) is 0 Å². The van der Waals surface area contributed by atoms with Crippen molar-refractivity contribution < 1.29 is 22.1 Å². The van der Waals surface area contributed by atoms with Crippen LogP contribution in [-0.4, -0.2) is 50.4 Å². The van der Waals surface area contributed by atoms with E-state index in [4.69, 9.17) is 22.1 Å². The zero-order chi connectivity index (χ0) is 16.1. The van der Waals surface area contributed by atoms with E-state index in [1.54, 1.807) is 0 Å². The molecule has 0 unspecified atom stereocenters. The van der Waals surface area contributed by atoms with Crippen LogP contribution in [0.5, 0.6) is 0 Å². The lowest BCUT2D eigenvalue weighted by atomic mass is 10.9. The van der Waals surface area contributed by atoms with Gasteiger partial charge in [-0.2, -0.15) is 0 Å². The molecule has 0 rings (SSSR count). The van der Waals surface area contributed by atoms with Gasteiger partial charge in [-0.25, -0.2) is 0 Å². The van der Waals surface area contributed by atoms with E-state index < -0.39 is 17.4 Å². The van der Waals surface area contributed by atoms with E-state index in [-0.39, 0.29) is 0 Å². The molecule has 0 aromatic heterocycles. The van der Waals surface area contributed by atoms with Gasteiger partial charge in [-0.1, -0.05) is 0 Å². The molecule has 0 spiro atoms. The van der Waals surface area contributed by atoms with Crippen LogP contribution in [0.1, 0.15) is 34.6 Å². The molecular formula is C13H34O5Si2. The summed E-state index contributed by atoms with van der Waals surface area (Å²) in [5, 5.41) is 0. The molecule has 0 aliphatic heterocycles. The van der Waals surface area contributed by atoms with Crippen molar-refractivity contribution >= 4 is 17.4 Å². The number of hydrogen-bond donors (Lipinski definition) is 0. The molecule has 7 heteroatoms. The van der Waals surface area contributed by atoms with Gasteiger partial charge in [0.05, 0.1) is 0 Å². The molecule has 20 heavy (non-hydrogen) atoms. The molecule has 0 radical (unpaired) electrons. The Kier molecular flexibility index (Phi) is 14.6. The van der Waals surface area contributed by atoms with Gasteiger partial charge in [0, 0.05) is 39.6 Å². The van der Waals surface area contributed by atoms with Gasteiger partial charge in [0.1, 0.15) is 0 Å². The second kappa shape index (κ2) is 12.9. The third-order valence-electron chi connectivity index (χ3n) is 2.20. The van der Waals surface area contributed by atoms with E-state index >= 15 is 0 Å². The first-order chi connectivity index (χ1) is 9.30. The number of hydrogen-bond acceptors (Lipinski definition) is 5. The predicted octanol–water partition coefficient (Wildman–Crippen LogP) is 3.43. The summed E-state index contributed by atoms with van der Waals surface area (Å²) in [5.74, 6) is 0. The molecule has 0 fully saturated rings. The average molecular weight is 327 g/mol. The van der Waals surface area contributed by atoms with Crippen molar-refractivity contribution in [3.63, 3.8) is 0 Å². The zero-order valence-corrected chi connectivity index (χ0v) is 16.6. The number of rotatable bonds is 10. The summed E-state index contributed by atoms with van der Waals surface area (Å²) in [6.07, 6.45) is 0. The van der Waals surface area contributed by atoms with Crippen LogP contribution in [0, 0.1) is 0 Å². The molecule has 0 heterocycles. The van der Waals surface area contributed by atoms with E-state index in [1.807, 2.05) is 41.2 Å². The van der Waals surface area contributed by atoms with Gasteiger partial charge in [-0.05, 0) is 47.7 Å². The van der Waals surface area contributed by atoms with Crippen LogP contribution in [-0.2, 0) is 22.1 Å². The highest BCUT2D eigenvalue weighted by atomic mass is 28.4. The third kappa shape index (κ3) is 13.2. The maximum absolute atomic E-state index is 5.40. The van der Waals surface area contributed by atoms with Crippen molar-refractivity contribution in [2.75, 3.05) is 33.0 Å². The third-order valence-corrected chi connectivity index (χ3v) is 6.61. The summed E-state index contributed by atoms with van der Waals surface area (Å²) in [5.41, 5.74) is 0. The smallest absolute Gasteiger partial charge is 0.395 e. The van der Waals surface area contributed by atoms with Crippen LogP contribution in [0.25, 0.3) is 0 Å². The van der Waals surface area contributed by atoms with Crippen molar-refractivity contribution in [1.29, 1.82) is 0 Å². The molecule has 0 aliphatic carbocycles. The molecule has 0 saturated heterocycles. The molecule has 0 aliphatic rings. The summed E-state index contributed by atoms with van der Waals surface area (Å²) in [4.78, 5) is 0. The van der Waals surface area contributed by atoms with Crippen molar-refractivity contribution in [2.45, 2.75) is 54.3 Å². The fraction of sp³-hybridized carbons (Fsp3) is 1.00. The highest BCUT2D eigenvalue weighted by Gasteiger charge is 2.32. The second-order valence-corrected chi connectivity index (χ2v) is 10.4. The van der Waals surface area contributed by atoms with E-state index in [9.17, 15) is 0 Å². The predicted molar refractivity (Wildman–Crippen MR) is 87.2 cm³/mol. The summed E-state index contributed by atoms with van der Waals surface area (Å²) in [6, 6.07) is 0. The average Bonchev–Trinajstić information content (AvgIpc) is 2.30. The second-order valence-electron chi connectivity index (χ2n) is 4.43. The molecule has 0 saturated carbocycles. The molecular weight excluding hydrogens is 292 g/mol. The first-order valence-corrected chi connectivity index (χ1v) is 12.5. The van der Waals surface area contributed by atoms with E-state index in [1.165, 1.54) is 0 Å². The van der Waals surface area contributed by atoms with E-state index in [2.05, 4.69) is 13.1 Å². The fourth-order valence-corrected chi connectivity index (χ4v) is 4.95. The first-order valence-electron chi connectivity index (χ1n) is 7.50. The fourth-order valence-electron chi connectivity index (χ4n) is 1.65. The van der Waals surface area contributed by atoms with Crippen LogP contribution >= 0.6 is 0 Å². The minimum absolute atomic E-state index is 0.655. The van der Waals surface area contributed by atoms with Crippen molar-refractivity contribution in [1.82, 2.24) is 0 Å². The van der Waals surface area contributed by atoms with Crippen LogP contribution in [0.4, 0.5) is 0 Å². The molecule has 0 N–H and O–H groups in total. The molecule has 0 aromatic carbocycles. The quantitative estimate of drug-likeness (QED) is 0.576. The first kappa shape index (κ1) is 22.5. The van der Waals surface area contributed by atoms with Crippen LogP contribution in [0.3, 0.4) is 0 Å². The maximum Gasteiger partial charge on any atom is 0.497 e. The van der Waals surface area contributed by atoms with Crippen LogP contribution < -0.4 is 0 Å². The highest BCUT2D eigenvalue weighted by Crippen LogP contribution is 2.08. The normalized spacial score (nSPS) is 12.0. The Balaban J connectivity index is 0. The Morgan fingerprint density at radius 2 is 0.750 bits per heavy atom. The molecule has 124 valence electrons. The van der Waals surface area contributed by atoms with Crippen molar-refractivity contribution in [3.8, 4) is 0 Å². The standard InChI is InChI=1S/C7H18O3Si.C6H16O2Si/c1-5-8-11(4,9-6-2)10-7-3;1-5-7-9(3,4)8-6-2/h5-7H2,1-4H3;5-6H2,1-4H3. The van der Waals surface area contributed by atoms with Crippen molar-refractivity contribution in [2.24, 2.45) is 0 Å². The molecule has 0 bridgehead atoms. The monoisotopic (exact) mass is 326 g/mol. The minimum atomic E-state index is -2.25. The van der Waals surface area contributed by atoms with Gasteiger partial charge in [0.2, 0.25) is 0 Å². The Morgan fingerprint density at radius 3 is 0.950 bits per heavy atom. The largest absolute Gasteiger partial charge is 0.497 e. The summed E-state index contributed by atoms with van der Waals surface area (Å²) < 4.78 is 27.0. The SMILES string of the molecule is CCO[Si](C)(C)OCC.CCO[Si](C)(OCC)OCC. The van der Waals surface area contributed by atoms with Crippen molar-refractivity contribution in [3.05, 3.63) is 0 Å². The van der Waals surface area contributed by atoms with Gasteiger partial charge < -0.3 is 22.1 Å². The van der Waals surface area contributed by atoms with Gasteiger partial charge in [-0.15, -0.1) is 0 Å². The molecule has 0 atom stereocenters. The Labute approximate surface area is 127 Å². The lowest BCUT2D eigenvalue weighted by Gasteiger charge is -2.23. The molecule has 0 amide bonds. The van der Waals surface area contributed by atoms with Crippen LogP contribution in [0.2, 0.25) is 19.6 Å². The summed E-state index contributed by atoms with van der Waals surface area (Å²) in [6.45, 7) is 19.4. The minimum Gasteiger partial charge on any atom is -0.395 e. The summed E-state index contributed by atoms with van der Waals surface area (Å²) >= 11 is 0. The lowest BCUT2D eigenvalue weighted by molar-refractivity contribution is 0.0783. The Morgan fingerprint density at radius 1 is 0.500 bits per heavy atom. The lowest BCUT2D eigenvalue weighted by Crippen LogP contribution is -2.42. The van der Waals surface area contributed by atoms with Gasteiger partial charge in [0.25, 0.3) is 0 Å². The van der Waals surface area contributed by atoms with Gasteiger partial charge >= 0.3 is 17.4 Å². The molecule has 5 nitrogen and oxygen atoms in total. The topological polar surface area (TPSA) is 46.2 Å². The van der Waals surface area contributed by atoms with E-state index in [0.29, 0.717) is 19.8 Å². The Bertz CT molecular complexity index is 190. The maximum atomic E-state index is 5.40. The van der Waals surface area contributed by atoms with Crippen LogP contribution in [0.15, 0.2) is 0 Å². The van der Waals surface area contributed by atoms with E-state index in [0.717, 1.165) is 13.2 Å². The van der Waals surface area contributed by atoms with Gasteiger partial charge in [-0.3, -0.25) is 0 Å². The highest BCUT2D eigenvalue weighted by molar-refractivity contribution is 6.64. The Hall–Kier alpha value is 0.234. The molecule has 0 aromatic rings. The summed E-state index contributed by atoms with van der Waals surface area (Å²) in [7, 11) is -3.95.